The van der Waals surface area contributed by atoms with Crippen molar-refractivity contribution in [1.82, 2.24) is 9.97 Å². The molecule has 1 aromatic heterocycles. The van der Waals surface area contributed by atoms with E-state index in [2.05, 4.69) is 50.8 Å². The molecule has 6 heteroatoms. The number of aromatic nitrogens is 2. The van der Waals surface area contributed by atoms with Crippen LogP contribution in [-0.4, -0.2) is 41.4 Å². The minimum atomic E-state index is -0.258. The molecule has 24 heavy (non-hydrogen) atoms. The maximum absolute atomic E-state index is 11.3. The molecule has 0 saturated carbocycles. The van der Waals surface area contributed by atoms with Crippen LogP contribution in [-0.2, 0) is 9.53 Å². The number of rotatable bonds is 5. The van der Waals surface area contributed by atoms with Crippen LogP contribution in [0.2, 0.25) is 0 Å². The van der Waals surface area contributed by atoms with Crippen molar-refractivity contribution in [1.29, 1.82) is 0 Å². The van der Waals surface area contributed by atoms with E-state index in [1.165, 1.54) is 24.4 Å². The predicted octanol–water partition coefficient (Wildman–Crippen LogP) is 3.12. The molecule has 0 N–H and O–H groups in total. The highest BCUT2D eigenvalue weighted by atomic mass is 32.2. The summed E-state index contributed by atoms with van der Waals surface area (Å²) in [7, 11) is 1.39. The highest BCUT2D eigenvalue weighted by Gasteiger charge is 2.31. The van der Waals surface area contributed by atoms with Gasteiger partial charge in [0.25, 0.3) is 0 Å². The largest absolute Gasteiger partial charge is 0.468 e. The number of carbonyl (C=O) groups is 1. The molecule has 2 unspecified atom stereocenters. The summed E-state index contributed by atoms with van der Waals surface area (Å²) in [6.07, 6.45) is 4.59. The van der Waals surface area contributed by atoms with E-state index < -0.39 is 0 Å². The number of ether oxygens (including phenoxy) is 1. The number of esters is 1. The van der Waals surface area contributed by atoms with E-state index in [4.69, 9.17) is 0 Å². The van der Waals surface area contributed by atoms with Crippen LogP contribution in [0, 0.1) is 0 Å². The highest BCUT2D eigenvalue weighted by molar-refractivity contribution is 7.99. The van der Waals surface area contributed by atoms with Crippen LogP contribution in [0.4, 0.5) is 5.82 Å². The topological polar surface area (TPSA) is 55.3 Å². The molecule has 1 saturated heterocycles. The van der Waals surface area contributed by atoms with E-state index in [1.807, 2.05) is 6.07 Å². The van der Waals surface area contributed by atoms with Gasteiger partial charge in [0.1, 0.15) is 10.8 Å². The number of methoxy groups -OCH3 is 1. The molecule has 2 heterocycles. The fraction of sp³-hybridized carbons (Fsp3) is 0.389. The van der Waals surface area contributed by atoms with Crippen LogP contribution >= 0.6 is 11.8 Å². The van der Waals surface area contributed by atoms with Crippen molar-refractivity contribution < 1.29 is 9.53 Å². The van der Waals surface area contributed by atoms with Gasteiger partial charge in [-0.05, 0) is 18.9 Å². The molecule has 2 aromatic rings. The minimum absolute atomic E-state index is 0.247. The molecule has 126 valence electrons. The van der Waals surface area contributed by atoms with E-state index >= 15 is 0 Å². The normalized spacial score (nSPS) is 20.2. The molecule has 3 rings (SSSR count). The van der Waals surface area contributed by atoms with Gasteiger partial charge in [0, 0.05) is 18.5 Å². The van der Waals surface area contributed by atoms with Crippen LogP contribution < -0.4 is 4.90 Å². The Bertz CT molecular complexity index is 696. The summed E-state index contributed by atoms with van der Waals surface area (Å²) >= 11 is 1.35. The van der Waals surface area contributed by atoms with Crippen molar-refractivity contribution in [3.8, 4) is 0 Å². The van der Waals surface area contributed by atoms with Crippen molar-refractivity contribution >= 4 is 23.5 Å². The van der Waals surface area contributed by atoms with Crippen molar-refractivity contribution in [2.75, 3.05) is 24.3 Å². The van der Waals surface area contributed by atoms with Crippen molar-refractivity contribution in [3.05, 3.63) is 48.3 Å². The van der Waals surface area contributed by atoms with E-state index in [9.17, 15) is 4.79 Å². The first kappa shape index (κ1) is 16.8. The number of benzene rings is 1. The zero-order valence-corrected chi connectivity index (χ0v) is 14.7. The first-order valence-electron chi connectivity index (χ1n) is 8.00. The molecule has 1 fully saturated rings. The summed E-state index contributed by atoms with van der Waals surface area (Å²) in [6.45, 7) is 3.16. The fourth-order valence-electron chi connectivity index (χ4n) is 3.05. The molecule has 0 aliphatic carbocycles. The third-order valence-electron chi connectivity index (χ3n) is 4.31. The number of nitrogens with zero attached hydrogens (tertiary/aromatic N) is 3. The molecule has 1 aliphatic heterocycles. The Morgan fingerprint density at radius 3 is 2.88 bits per heavy atom. The second-order valence-corrected chi connectivity index (χ2v) is 6.92. The molecule has 5 nitrogen and oxygen atoms in total. The highest BCUT2D eigenvalue weighted by Crippen LogP contribution is 2.34. The van der Waals surface area contributed by atoms with E-state index in [0.717, 1.165) is 23.8 Å². The third kappa shape index (κ3) is 3.87. The molecule has 2 atom stereocenters. The Kier molecular flexibility index (Phi) is 5.35. The SMILES string of the molecule is COC(=O)CSc1cncc(N2CC(c3ccccc3)CC2C)n1. The smallest absolute Gasteiger partial charge is 0.316 e. The molecule has 0 spiro atoms. The van der Waals surface area contributed by atoms with Crippen LogP contribution in [0.5, 0.6) is 0 Å². The lowest BCUT2D eigenvalue weighted by Gasteiger charge is -2.22. The first-order valence-corrected chi connectivity index (χ1v) is 8.99. The third-order valence-corrected chi connectivity index (χ3v) is 5.18. The Labute approximate surface area is 146 Å². The van der Waals surface area contributed by atoms with Gasteiger partial charge < -0.3 is 9.64 Å². The van der Waals surface area contributed by atoms with Crippen LogP contribution in [0.3, 0.4) is 0 Å². The van der Waals surface area contributed by atoms with Gasteiger partial charge in [0.05, 0.1) is 25.3 Å². The first-order chi connectivity index (χ1) is 11.7. The Morgan fingerprint density at radius 2 is 2.12 bits per heavy atom. The fourth-order valence-corrected chi connectivity index (χ4v) is 3.73. The van der Waals surface area contributed by atoms with Gasteiger partial charge in [-0.2, -0.15) is 0 Å². The summed E-state index contributed by atoms with van der Waals surface area (Å²) in [5.74, 6) is 1.37. The molecular weight excluding hydrogens is 322 g/mol. The zero-order valence-electron chi connectivity index (χ0n) is 13.9. The second kappa shape index (κ2) is 7.66. The predicted molar refractivity (Wildman–Crippen MR) is 95.4 cm³/mol. The second-order valence-electron chi connectivity index (χ2n) is 5.93. The number of hydrogen-bond donors (Lipinski definition) is 0. The van der Waals surface area contributed by atoms with E-state index in [0.29, 0.717) is 12.0 Å². The summed E-state index contributed by atoms with van der Waals surface area (Å²) in [5, 5.41) is 0.744. The number of anilines is 1. The summed E-state index contributed by atoms with van der Waals surface area (Å²) in [6, 6.07) is 11.0. The monoisotopic (exact) mass is 343 g/mol. The molecule has 1 aliphatic rings. The lowest BCUT2D eigenvalue weighted by Crippen LogP contribution is -2.27. The number of carbonyl (C=O) groups excluding carboxylic acids is 1. The molecule has 0 bridgehead atoms. The molecule has 0 amide bonds. The lowest BCUT2D eigenvalue weighted by atomic mass is 9.97. The van der Waals surface area contributed by atoms with E-state index in [-0.39, 0.29) is 11.7 Å². The number of thioether (sulfide) groups is 1. The van der Waals surface area contributed by atoms with Crippen LogP contribution in [0.15, 0.2) is 47.8 Å². The molecule has 1 aromatic carbocycles. The van der Waals surface area contributed by atoms with Gasteiger partial charge in [-0.25, -0.2) is 4.98 Å². The van der Waals surface area contributed by atoms with Crippen LogP contribution in [0.25, 0.3) is 0 Å². The molecule has 0 radical (unpaired) electrons. The van der Waals surface area contributed by atoms with Gasteiger partial charge in [0.2, 0.25) is 0 Å². The Balaban J connectivity index is 1.71. The van der Waals surface area contributed by atoms with Crippen molar-refractivity contribution in [3.63, 3.8) is 0 Å². The minimum Gasteiger partial charge on any atom is -0.468 e. The lowest BCUT2D eigenvalue weighted by molar-refractivity contribution is -0.137. The average molecular weight is 343 g/mol. The maximum atomic E-state index is 11.3. The Morgan fingerprint density at radius 1 is 1.33 bits per heavy atom. The summed E-state index contributed by atoms with van der Waals surface area (Å²) in [5.41, 5.74) is 1.37. The number of hydrogen-bond acceptors (Lipinski definition) is 6. The van der Waals surface area contributed by atoms with Crippen LogP contribution in [0.1, 0.15) is 24.8 Å². The average Bonchev–Trinajstić information content (AvgIpc) is 3.02. The summed E-state index contributed by atoms with van der Waals surface area (Å²) in [4.78, 5) is 22.5. The summed E-state index contributed by atoms with van der Waals surface area (Å²) < 4.78 is 4.66. The van der Waals surface area contributed by atoms with Gasteiger partial charge in [-0.15, -0.1) is 0 Å². The van der Waals surface area contributed by atoms with E-state index in [1.54, 1.807) is 12.4 Å². The zero-order chi connectivity index (χ0) is 16.9. The quantitative estimate of drug-likeness (QED) is 0.614. The van der Waals surface area contributed by atoms with Crippen molar-refractivity contribution in [2.24, 2.45) is 0 Å². The maximum Gasteiger partial charge on any atom is 0.316 e. The Hall–Kier alpha value is -2.08. The van der Waals surface area contributed by atoms with Gasteiger partial charge in [-0.3, -0.25) is 9.78 Å². The standard InChI is InChI=1S/C18H21N3O2S/c1-13-8-15(14-6-4-3-5-7-14)11-21(13)16-9-19-10-17(20-16)24-12-18(22)23-2/h3-7,9-10,13,15H,8,11-12H2,1-2H3. The molecular formula is C18H21N3O2S. The van der Waals surface area contributed by atoms with Gasteiger partial charge in [-0.1, -0.05) is 42.1 Å². The van der Waals surface area contributed by atoms with Gasteiger partial charge >= 0.3 is 5.97 Å². The van der Waals surface area contributed by atoms with Gasteiger partial charge in [0.15, 0.2) is 0 Å². The van der Waals surface area contributed by atoms with Crippen molar-refractivity contribution in [2.45, 2.75) is 30.3 Å².